The van der Waals surface area contributed by atoms with E-state index in [0.717, 1.165) is 18.6 Å². The molecule has 0 fully saturated rings. The average molecular weight is 415 g/mol. The second kappa shape index (κ2) is 21.2. The van der Waals surface area contributed by atoms with E-state index in [4.69, 9.17) is 4.74 Å². The molecule has 0 aliphatic heterocycles. The number of carbonyl (C=O) groups excluding carboxylic acids is 2. The lowest BCUT2D eigenvalue weighted by Crippen LogP contribution is -2.15. The zero-order chi connectivity index (χ0) is 20.9. The van der Waals surface area contributed by atoms with Crippen molar-refractivity contribution in [1.29, 1.82) is 0 Å². The van der Waals surface area contributed by atoms with Crippen LogP contribution in [0, 0.1) is 0 Å². The van der Waals surface area contributed by atoms with E-state index in [9.17, 15) is 9.59 Å². The maximum Gasteiger partial charge on any atom is 0.314 e. The van der Waals surface area contributed by atoms with Crippen molar-refractivity contribution in [2.45, 2.75) is 135 Å². The normalized spacial score (nSPS) is 12.1. The van der Waals surface area contributed by atoms with Crippen molar-refractivity contribution in [2.75, 3.05) is 5.75 Å². The Bertz CT molecular complexity index is 371. The molecule has 0 aromatic heterocycles. The summed E-state index contributed by atoms with van der Waals surface area (Å²) in [7, 11) is 0. The molecular formula is C24H46O3S. The molecule has 0 amide bonds. The van der Waals surface area contributed by atoms with Gasteiger partial charge in [0, 0.05) is 11.7 Å². The highest BCUT2D eigenvalue weighted by Gasteiger charge is 2.14. The van der Waals surface area contributed by atoms with Crippen molar-refractivity contribution >= 4 is 23.7 Å². The molecule has 0 saturated heterocycles. The lowest BCUT2D eigenvalue weighted by Gasteiger charge is -2.08. The Labute approximate surface area is 179 Å². The Hall–Kier alpha value is -0.510. The van der Waals surface area contributed by atoms with Crippen LogP contribution < -0.4 is 0 Å². The molecule has 0 aliphatic rings. The molecule has 0 saturated carbocycles. The molecule has 1 unspecified atom stereocenters. The minimum absolute atomic E-state index is 0.219. The van der Waals surface area contributed by atoms with Crippen molar-refractivity contribution in [2.24, 2.45) is 0 Å². The molecule has 3 nitrogen and oxygen atoms in total. The highest BCUT2D eigenvalue weighted by molar-refractivity contribution is 7.99. The molecule has 0 rings (SSSR count). The van der Waals surface area contributed by atoms with Gasteiger partial charge in [0.05, 0.1) is 6.42 Å². The van der Waals surface area contributed by atoms with Gasteiger partial charge in [-0.15, -0.1) is 0 Å². The quantitative estimate of drug-likeness (QED) is 0.116. The number of ether oxygens (including phenoxy) is 1. The third-order valence-electron chi connectivity index (χ3n) is 5.12. The van der Waals surface area contributed by atoms with Crippen LogP contribution >= 0.6 is 11.8 Å². The van der Waals surface area contributed by atoms with Crippen LogP contribution in [-0.2, 0) is 14.3 Å². The van der Waals surface area contributed by atoms with Gasteiger partial charge in [-0.3, -0.25) is 9.59 Å². The first-order valence-electron chi connectivity index (χ1n) is 11.9. The summed E-state index contributed by atoms with van der Waals surface area (Å²) in [5.74, 6) is 0.245. The van der Waals surface area contributed by atoms with Gasteiger partial charge in [0.25, 0.3) is 0 Å². The molecule has 0 aliphatic carbocycles. The first-order chi connectivity index (χ1) is 13.6. The molecule has 166 valence electrons. The van der Waals surface area contributed by atoms with E-state index in [-0.39, 0.29) is 17.2 Å². The smallest absolute Gasteiger partial charge is 0.314 e. The number of thioether (sulfide) groups is 1. The molecule has 0 N–H and O–H groups in total. The maximum absolute atomic E-state index is 11.7. The molecule has 0 radical (unpaired) electrons. The van der Waals surface area contributed by atoms with Crippen molar-refractivity contribution in [1.82, 2.24) is 0 Å². The van der Waals surface area contributed by atoms with E-state index >= 15 is 0 Å². The summed E-state index contributed by atoms with van der Waals surface area (Å²) in [4.78, 5) is 23.3. The fourth-order valence-electron chi connectivity index (χ4n) is 3.44. The van der Waals surface area contributed by atoms with Gasteiger partial charge in [-0.05, 0) is 12.2 Å². The van der Waals surface area contributed by atoms with Crippen LogP contribution in [0.25, 0.3) is 0 Å². The summed E-state index contributed by atoms with van der Waals surface area (Å²) in [5, 5.41) is 0.219. The summed E-state index contributed by atoms with van der Waals surface area (Å²) in [5.41, 5.74) is 0. The van der Waals surface area contributed by atoms with Gasteiger partial charge in [-0.2, -0.15) is 11.8 Å². The Balaban J connectivity index is 3.30. The van der Waals surface area contributed by atoms with Crippen LogP contribution in [0.1, 0.15) is 130 Å². The number of hydrogen-bond donors (Lipinski definition) is 0. The monoisotopic (exact) mass is 414 g/mol. The number of rotatable bonds is 20. The summed E-state index contributed by atoms with van der Waals surface area (Å²) in [6.07, 6.45) is 20.3. The van der Waals surface area contributed by atoms with E-state index in [1.54, 1.807) is 11.8 Å². The van der Waals surface area contributed by atoms with Crippen LogP contribution in [-0.4, -0.2) is 22.9 Å². The lowest BCUT2D eigenvalue weighted by molar-refractivity contribution is -0.159. The van der Waals surface area contributed by atoms with E-state index in [1.165, 1.54) is 83.5 Å². The fraction of sp³-hybridized carbons (Fsp3) is 0.917. The summed E-state index contributed by atoms with van der Waals surface area (Å²) < 4.78 is 4.90. The zero-order valence-corrected chi connectivity index (χ0v) is 19.8. The van der Waals surface area contributed by atoms with Crippen LogP contribution in [0.4, 0.5) is 0 Å². The number of carbonyl (C=O) groups is 2. The highest BCUT2D eigenvalue weighted by atomic mass is 32.2. The van der Waals surface area contributed by atoms with Gasteiger partial charge in [-0.25, -0.2) is 0 Å². The van der Waals surface area contributed by atoms with Crippen molar-refractivity contribution in [3.8, 4) is 0 Å². The first kappa shape index (κ1) is 27.5. The van der Waals surface area contributed by atoms with Gasteiger partial charge in [-0.1, -0.05) is 111 Å². The van der Waals surface area contributed by atoms with Crippen LogP contribution in [0.2, 0.25) is 0 Å². The fourth-order valence-corrected chi connectivity index (χ4v) is 4.26. The number of unbranched alkanes of at least 4 members (excludes halogenated alkanes) is 14. The molecule has 0 spiro atoms. The largest absolute Gasteiger partial charge is 0.393 e. The number of esters is 2. The zero-order valence-electron chi connectivity index (χ0n) is 18.9. The van der Waals surface area contributed by atoms with E-state index in [0.29, 0.717) is 12.8 Å². The molecule has 0 aromatic rings. The van der Waals surface area contributed by atoms with E-state index in [2.05, 4.69) is 13.8 Å². The van der Waals surface area contributed by atoms with Gasteiger partial charge >= 0.3 is 11.9 Å². The standard InChI is InChI=1S/C24H46O3S/c1-4-6-7-8-9-10-11-12-13-14-15-16-17-18-19-20-23(25)27-24(26)21-22(3)28-5-2/h22H,4-21H2,1-3H3. The van der Waals surface area contributed by atoms with E-state index < -0.39 is 0 Å². The molecule has 0 heterocycles. The molecule has 0 aromatic carbocycles. The van der Waals surface area contributed by atoms with E-state index in [1.807, 2.05) is 6.92 Å². The molecule has 28 heavy (non-hydrogen) atoms. The highest BCUT2D eigenvalue weighted by Crippen LogP contribution is 2.15. The van der Waals surface area contributed by atoms with Crippen LogP contribution in [0.5, 0.6) is 0 Å². The lowest BCUT2D eigenvalue weighted by atomic mass is 10.0. The third-order valence-corrected chi connectivity index (χ3v) is 6.19. The SMILES string of the molecule is CCCCCCCCCCCCCCCCCC(=O)OC(=O)CC(C)SCC. The Morgan fingerprint density at radius 2 is 1.11 bits per heavy atom. The topological polar surface area (TPSA) is 43.4 Å². The van der Waals surface area contributed by atoms with Crippen molar-refractivity contribution in [3.05, 3.63) is 0 Å². The maximum atomic E-state index is 11.7. The second-order valence-electron chi connectivity index (χ2n) is 8.02. The van der Waals surface area contributed by atoms with Gasteiger partial charge in [0.2, 0.25) is 0 Å². The average Bonchev–Trinajstić information content (AvgIpc) is 2.64. The minimum atomic E-state index is -0.376. The van der Waals surface area contributed by atoms with Crippen LogP contribution in [0.3, 0.4) is 0 Å². The third kappa shape index (κ3) is 20.2. The predicted molar refractivity (Wildman–Crippen MR) is 123 cm³/mol. The van der Waals surface area contributed by atoms with Gasteiger partial charge in [0.15, 0.2) is 0 Å². The van der Waals surface area contributed by atoms with Crippen molar-refractivity contribution in [3.63, 3.8) is 0 Å². The summed E-state index contributed by atoms with van der Waals surface area (Å²) in [6.45, 7) is 6.33. The predicted octanol–water partition coefficient (Wildman–Crippen LogP) is 7.85. The Morgan fingerprint density at radius 1 is 0.679 bits per heavy atom. The van der Waals surface area contributed by atoms with Gasteiger partial charge in [0.1, 0.15) is 0 Å². The second-order valence-corrected chi connectivity index (χ2v) is 9.73. The Kier molecular flexibility index (Phi) is 20.8. The summed E-state index contributed by atoms with van der Waals surface area (Å²) in [6, 6.07) is 0. The number of hydrogen-bond acceptors (Lipinski definition) is 4. The minimum Gasteiger partial charge on any atom is -0.393 e. The Morgan fingerprint density at radius 3 is 1.54 bits per heavy atom. The van der Waals surface area contributed by atoms with Crippen LogP contribution in [0.15, 0.2) is 0 Å². The molecule has 4 heteroatoms. The first-order valence-corrected chi connectivity index (χ1v) is 13.0. The molecular weight excluding hydrogens is 368 g/mol. The molecule has 1 atom stereocenters. The summed E-state index contributed by atoms with van der Waals surface area (Å²) >= 11 is 1.71. The van der Waals surface area contributed by atoms with Gasteiger partial charge < -0.3 is 4.74 Å². The van der Waals surface area contributed by atoms with Crippen molar-refractivity contribution < 1.29 is 14.3 Å². The molecule has 0 bridgehead atoms.